The van der Waals surface area contributed by atoms with E-state index in [0.717, 1.165) is 37.1 Å². The van der Waals surface area contributed by atoms with Crippen molar-refractivity contribution in [1.82, 2.24) is 5.32 Å². The quantitative estimate of drug-likeness (QED) is 0.885. The van der Waals surface area contributed by atoms with Gasteiger partial charge in [-0.05, 0) is 37.9 Å². The van der Waals surface area contributed by atoms with Crippen LogP contribution in [0.1, 0.15) is 31.7 Å². The van der Waals surface area contributed by atoms with Crippen molar-refractivity contribution < 1.29 is 4.74 Å². The summed E-state index contributed by atoms with van der Waals surface area (Å²) in [5.74, 6) is 0.938. The van der Waals surface area contributed by atoms with Crippen molar-refractivity contribution >= 4 is 0 Å². The van der Waals surface area contributed by atoms with E-state index in [-0.39, 0.29) is 11.6 Å². The normalized spacial score (nSPS) is 26.8. The molecule has 1 fully saturated rings. The van der Waals surface area contributed by atoms with E-state index in [9.17, 15) is 5.26 Å². The summed E-state index contributed by atoms with van der Waals surface area (Å²) in [7, 11) is 0. The molecule has 0 aromatic heterocycles. The Hall–Kier alpha value is -1.53. The summed E-state index contributed by atoms with van der Waals surface area (Å²) in [5.41, 5.74) is 0.762. The Morgan fingerprint density at radius 1 is 1.50 bits per heavy atom. The minimum atomic E-state index is -0.387. The van der Waals surface area contributed by atoms with Gasteiger partial charge in [0.05, 0.1) is 6.07 Å². The molecule has 0 spiro atoms. The van der Waals surface area contributed by atoms with Crippen LogP contribution in [-0.4, -0.2) is 18.2 Å². The minimum Gasteiger partial charge on any atom is -0.490 e. The summed E-state index contributed by atoms with van der Waals surface area (Å²) in [4.78, 5) is 0. The molecule has 1 aromatic rings. The van der Waals surface area contributed by atoms with Gasteiger partial charge in [0.2, 0.25) is 0 Å². The Balaban J connectivity index is 2.02. The van der Waals surface area contributed by atoms with Crippen LogP contribution in [0.2, 0.25) is 0 Å². The highest BCUT2D eigenvalue weighted by atomic mass is 16.5. The van der Waals surface area contributed by atoms with Crippen LogP contribution in [0.25, 0.3) is 0 Å². The van der Waals surface area contributed by atoms with Gasteiger partial charge in [-0.25, -0.2) is 0 Å². The molecule has 1 saturated carbocycles. The number of para-hydroxylation sites is 1. The van der Waals surface area contributed by atoms with E-state index < -0.39 is 0 Å². The Kier molecular flexibility index (Phi) is 3.88. The summed E-state index contributed by atoms with van der Waals surface area (Å²) in [6, 6.07) is 10.5. The molecule has 0 amide bonds. The average Bonchev–Trinajstić information content (AvgIpc) is 2.77. The lowest BCUT2D eigenvalue weighted by Crippen LogP contribution is -2.42. The summed E-state index contributed by atoms with van der Waals surface area (Å²) in [6.07, 6.45) is 2.72. The van der Waals surface area contributed by atoms with Crippen LogP contribution >= 0.6 is 0 Å². The molecule has 3 heteroatoms. The first-order valence-corrected chi connectivity index (χ1v) is 6.58. The Morgan fingerprint density at radius 3 is 2.94 bits per heavy atom. The minimum absolute atomic E-state index is 0.143. The van der Waals surface area contributed by atoms with Crippen LogP contribution in [0.3, 0.4) is 0 Å². The molecule has 2 rings (SSSR count). The molecule has 0 radical (unpaired) electrons. The molecule has 2 unspecified atom stereocenters. The van der Waals surface area contributed by atoms with E-state index >= 15 is 0 Å². The monoisotopic (exact) mass is 244 g/mol. The third-order valence-corrected chi connectivity index (χ3v) is 3.59. The van der Waals surface area contributed by atoms with E-state index in [1.807, 2.05) is 38.1 Å². The number of nitriles is 1. The van der Waals surface area contributed by atoms with Crippen LogP contribution in [0.4, 0.5) is 0 Å². The number of aryl methyl sites for hydroxylation is 1. The largest absolute Gasteiger partial charge is 0.490 e. The van der Waals surface area contributed by atoms with Gasteiger partial charge in [-0.3, -0.25) is 5.32 Å². The molecular formula is C15H20N2O. The predicted molar refractivity (Wildman–Crippen MR) is 71.5 cm³/mol. The zero-order valence-electron chi connectivity index (χ0n) is 11.1. The van der Waals surface area contributed by atoms with Gasteiger partial charge in [0.25, 0.3) is 0 Å². The smallest absolute Gasteiger partial charge is 0.122 e. The first-order chi connectivity index (χ1) is 8.69. The molecular weight excluding hydrogens is 224 g/mol. The van der Waals surface area contributed by atoms with Crippen molar-refractivity contribution in [3.8, 4) is 11.8 Å². The SMILES string of the molecule is CCNC1(C#N)CCC(Oc2ccccc2C)C1. The van der Waals surface area contributed by atoms with Crippen molar-refractivity contribution in [2.75, 3.05) is 6.54 Å². The summed E-state index contributed by atoms with van der Waals surface area (Å²) in [6.45, 7) is 4.91. The summed E-state index contributed by atoms with van der Waals surface area (Å²) in [5, 5.41) is 12.6. The molecule has 0 saturated heterocycles. The molecule has 1 aromatic carbocycles. The van der Waals surface area contributed by atoms with Gasteiger partial charge < -0.3 is 4.74 Å². The summed E-state index contributed by atoms with van der Waals surface area (Å²) >= 11 is 0. The Morgan fingerprint density at radius 2 is 2.28 bits per heavy atom. The zero-order chi connectivity index (χ0) is 13.0. The van der Waals surface area contributed by atoms with Crippen molar-refractivity contribution in [1.29, 1.82) is 5.26 Å². The summed E-state index contributed by atoms with van der Waals surface area (Å²) < 4.78 is 6.02. The maximum absolute atomic E-state index is 9.32. The van der Waals surface area contributed by atoms with Gasteiger partial charge in [-0.15, -0.1) is 0 Å². The molecule has 3 nitrogen and oxygen atoms in total. The van der Waals surface area contributed by atoms with Crippen molar-refractivity contribution in [2.24, 2.45) is 0 Å². The van der Waals surface area contributed by atoms with Gasteiger partial charge in [0, 0.05) is 6.42 Å². The maximum atomic E-state index is 9.32. The topological polar surface area (TPSA) is 45.0 Å². The van der Waals surface area contributed by atoms with Crippen LogP contribution in [-0.2, 0) is 0 Å². The number of rotatable bonds is 4. The predicted octanol–water partition coefficient (Wildman–Crippen LogP) is 2.80. The van der Waals surface area contributed by atoms with E-state index in [2.05, 4.69) is 11.4 Å². The number of hydrogen-bond acceptors (Lipinski definition) is 3. The number of benzene rings is 1. The fraction of sp³-hybridized carbons (Fsp3) is 0.533. The second-order valence-corrected chi connectivity index (χ2v) is 4.97. The number of nitrogens with zero attached hydrogens (tertiary/aromatic N) is 1. The fourth-order valence-corrected chi connectivity index (χ4v) is 2.61. The van der Waals surface area contributed by atoms with E-state index in [4.69, 9.17) is 4.74 Å². The standard InChI is InChI=1S/C15H20N2O/c1-3-17-15(11-16)9-8-13(10-15)18-14-7-5-4-6-12(14)2/h4-7,13,17H,3,8-10H2,1-2H3. The molecule has 1 N–H and O–H groups in total. The number of ether oxygens (including phenoxy) is 1. The van der Waals surface area contributed by atoms with Gasteiger partial charge in [0.1, 0.15) is 17.4 Å². The Bertz CT molecular complexity index is 452. The molecule has 0 heterocycles. The molecule has 1 aliphatic carbocycles. The van der Waals surface area contributed by atoms with Crippen molar-refractivity contribution in [3.63, 3.8) is 0 Å². The highest BCUT2D eigenvalue weighted by molar-refractivity contribution is 5.32. The lowest BCUT2D eigenvalue weighted by molar-refractivity contribution is 0.200. The van der Waals surface area contributed by atoms with Gasteiger partial charge >= 0.3 is 0 Å². The van der Waals surface area contributed by atoms with Crippen molar-refractivity contribution in [2.45, 2.75) is 44.8 Å². The highest BCUT2D eigenvalue weighted by Crippen LogP contribution is 2.33. The third-order valence-electron chi connectivity index (χ3n) is 3.59. The van der Waals surface area contributed by atoms with Crippen LogP contribution in [0, 0.1) is 18.3 Å². The van der Waals surface area contributed by atoms with Gasteiger partial charge in [-0.2, -0.15) is 5.26 Å². The lowest BCUT2D eigenvalue weighted by atomic mass is 10.00. The molecule has 0 bridgehead atoms. The van der Waals surface area contributed by atoms with E-state index in [1.54, 1.807) is 0 Å². The first-order valence-electron chi connectivity index (χ1n) is 6.58. The van der Waals surface area contributed by atoms with Crippen LogP contribution in [0.5, 0.6) is 5.75 Å². The first kappa shape index (κ1) is 12.9. The third kappa shape index (κ3) is 2.65. The number of nitrogens with one attached hydrogen (secondary N) is 1. The molecule has 1 aliphatic rings. The van der Waals surface area contributed by atoms with Crippen molar-refractivity contribution in [3.05, 3.63) is 29.8 Å². The average molecular weight is 244 g/mol. The second-order valence-electron chi connectivity index (χ2n) is 4.97. The lowest BCUT2D eigenvalue weighted by Gasteiger charge is -2.22. The number of hydrogen-bond donors (Lipinski definition) is 1. The molecule has 0 aliphatic heterocycles. The second kappa shape index (κ2) is 5.41. The fourth-order valence-electron chi connectivity index (χ4n) is 2.61. The van der Waals surface area contributed by atoms with Gasteiger partial charge in [0.15, 0.2) is 0 Å². The molecule has 96 valence electrons. The highest BCUT2D eigenvalue weighted by Gasteiger charge is 2.39. The molecule has 18 heavy (non-hydrogen) atoms. The molecule has 2 atom stereocenters. The maximum Gasteiger partial charge on any atom is 0.122 e. The Labute approximate surface area is 109 Å². The van der Waals surface area contributed by atoms with Gasteiger partial charge in [-0.1, -0.05) is 25.1 Å². The van der Waals surface area contributed by atoms with Crippen LogP contribution < -0.4 is 10.1 Å². The zero-order valence-corrected chi connectivity index (χ0v) is 11.1. The van der Waals surface area contributed by atoms with E-state index in [0.29, 0.717) is 0 Å². The van der Waals surface area contributed by atoms with Crippen LogP contribution in [0.15, 0.2) is 24.3 Å². The van der Waals surface area contributed by atoms with E-state index in [1.165, 1.54) is 0 Å².